The van der Waals surface area contributed by atoms with E-state index < -0.39 is 0 Å². The number of fused-ring (bicyclic) bond motifs is 3. The number of aryl methyl sites for hydroxylation is 1. The van der Waals surface area contributed by atoms with Crippen molar-refractivity contribution < 1.29 is 9.21 Å². The van der Waals surface area contributed by atoms with Crippen molar-refractivity contribution in [3.05, 3.63) is 102 Å². The van der Waals surface area contributed by atoms with Gasteiger partial charge in [0.25, 0.3) is 5.91 Å². The van der Waals surface area contributed by atoms with Crippen molar-refractivity contribution >= 4 is 33.3 Å². The van der Waals surface area contributed by atoms with Crippen molar-refractivity contribution in [1.82, 2.24) is 0 Å². The lowest BCUT2D eigenvalue weighted by atomic mass is 10.0. The first-order valence-electron chi connectivity index (χ1n) is 9.58. The molecule has 140 valence electrons. The van der Waals surface area contributed by atoms with E-state index in [0.29, 0.717) is 5.76 Å². The van der Waals surface area contributed by atoms with Gasteiger partial charge in [0.15, 0.2) is 5.76 Å². The van der Waals surface area contributed by atoms with E-state index in [0.717, 1.165) is 44.1 Å². The van der Waals surface area contributed by atoms with Crippen molar-refractivity contribution in [3.8, 4) is 11.1 Å². The molecular weight excluding hydrogens is 358 g/mol. The zero-order chi connectivity index (χ0) is 19.8. The molecule has 0 saturated heterocycles. The average molecular weight is 377 g/mol. The summed E-state index contributed by atoms with van der Waals surface area (Å²) in [5, 5.41) is 6.17. The molecule has 0 aliphatic carbocycles. The lowest BCUT2D eigenvalue weighted by molar-refractivity contribution is 0.0998. The second-order valence-electron chi connectivity index (χ2n) is 7.11. The van der Waals surface area contributed by atoms with E-state index in [1.165, 1.54) is 0 Å². The molecule has 0 spiro atoms. The van der Waals surface area contributed by atoms with Crippen LogP contribution in [0.3, 0.4) is 0 Å². The minimum atomic E-state index is -0.241. The Bertz CT molecular complexity index is 1330. The van der Waals surface area contributed by atoms with E-state index >= 15 is 0 Å². The van der Waals surface area contributed by atoms with Crippen molar-refractivity contribution in [2.45, 2.75) is 6.92 Å². The molecular formula is C26H19NO2. The highest BCUT2D eigenvalue weighted by Crippen LogP contribution is 2.32. The summed E-state index contributed by atoms with van der Waals surface area (Å²) in [7, 11) is 0. The summed E-state index contributed by atoms with van der Waals surface area (Å²) in [4.78, 5) is 12.9. The smallest absolute Gasteiger partial charge is 0.291 e. The summed E-state index contributed by atoms with van der Waals surface area (Å²) in [6, 6.07) is 30.1. The fraction of sp³-hybridized carbons (Fsp3) is 0.0385. The normalized spacial score (nSPS) is 11.1. The first-order valence-corrected chi connectivity index (χ1v) is 9.58. The third kappa shape index (κ3) is 3.07. The Morgan fingerprint density at radius 1 is 0.759 bits per heavy atom. The van der Waals surface area contributed by atoms with Crippen LogP contribution >= 0.6 is 0 Å². The van der Waals surface area contributed by atoms with Gasteiger partial charge in [0.2, 0.25) is 0 Å². The Kier molecular flexibility index (Phi) is 4.14. The third-order valence-electron chi connectivity index (χ3n) is 5.27. The van der Waals surface area contributed by atoms with Crippen molar-refractivity contribution in [3.63, 3.8) is 0 Å². The van der Waals surface area contributed by atoms with Gasteiger partial charge in [-0.2, -0.15) is 0 Å². The number of benzene rings is 4. The van der Waals surface area contributed by atoms with E-state index in [-0.39, 0.29) is 5.91 Å². The third-order valence-corrected chi connectivity index (χ3v) is 5.27. The number of hydrogen-bond donors (Lipinski definition) is 1. The molecule has 0 atom stereocenters. The van der Waals surface area contributed by atoms with Crippen LogP contribution in [0, 0.1) is 6.92 Å². The SMILES string of the molecule is Cc1c(C(=O)Nc2ccc(-c3ccccc3)cc2)oc2ccc3ccccc3c12. The van der Waals surface area contributed by atoms with Crippen LogP contribution < -0.4 is 5.32 Å². The van der Waals surface area contributed by atoms with Gasteiger partial charge >= 0.3 is 0 Å². The Hall–Kier alpha value is -3.85. The number of anilines is 1. The van der Waals surface area contributed by atoms with Gasteiger partial charge in [0.05, 0.1) is 0 Å². The first-order chi connectivity index (χ1) is 14.2. The topological polar surface area (TPSA) is 42.2 Å². The Labute approximate surface area is 168 Å². The summed E-state index contributed by atoms with van der Waals surface area (Å²) in [6.45, 7) is 1.94. The molecule has 4 aromatic carbocycles. The second kappa shape index (κ2) is 6.95. The van der Waals surface area contributed by atoms with Crippen LogP contribution in [0.1, 0.15) is 16.1 Å². The van der Waals surface area contributed by atoms with Crippen LogP contribution in [0.15, 0.2) is 95.4 Å². The van der Waals surface area contributed by atoms with Gasteiger partial charge in [0, 0.05) is 16.6 Å². The minimum absolute atomic E-state index is 0.241. The van der Waals surface area contributed by atoms with Gasteiger partial charge in [-0.1, -0.05) is 72.8 Å². The summed E-state index contributed by atoms with van der Waals surface area (Å²) < 4.78 is 5.92. The van der Waals surface area contributed by atoms with E-state index in [1.54, 1.807) is 0 Å². The van der Waals surface area contributed by atoms with Crippen molar-refractivity contribution in [2.75, 3.05) is 5.32 Å². The van der Waals surface area contributed by atoms with E-state index in [9.17, 15) is 4.79 Å². The highest BCUT2D eigenvalue weighted by atomic mass is 16.3. The number of furan rings is 1. The predicted octanol–water partition coefficient (Wildman–Crippen LogP) is 6.81. The molecule has 1 heterocycles. The molecule has 0 saturated carbocycles. The second-order valence-corrected chi connectivity index (χ2v) is 7.11. The molecule has 0 aliphatic heterocycles. The van der Waals surface area contributed by atoms with E-state index in [4.69, 9.17) is 4.42 Å². The van der Waals surface area contributed by atoms with Gasteiger partial charge in [-0.15, -0.1) is 0 Å². The van der Waals surface area contributed by atoms with Gasteiger partial charge < -0.3 is 9.73 Å². The highest BCUT2D eigenvalue weighted by Gasteiger charge is 2.19. The molecule has 3 nitrogen and oxygen atoms in total. The van der Waals surface area contributed by atoms with E-state index in [2.05, 4.69) is 29.6 Å². The molecule has 0 unspecified atom stereocenters. The summed E-state index contributed by atoms with van der Waals surface area (Å²) >= 11 is 0. The number of amides is 1. The Morgan fingerprint density at radius 2 is 1.45 bits per heavy atom. The van der Waals surface area contributed by atoms with Crippen LogP contribution in [0.25, 0.3) is 32.9 Å². The quantitative estimate of drug-likeness (QED) is 0.375. The highest BCUT2D eigenvalue weighted by molar-refractivity contribution is 6.13. The zero-order valence-electron chi connectivity index (χ0n) is 16.0. The number of carbonyl (C=O) groups excluding carboxylic acids is 1. The van der Waals surface area contributed by atoms with Crippen LogP contribution in [-0.4, -0.2) is 5.91 Å². The molecule has 29 heavy (non-hydrogen) atoms. The number of hydrogen-bond acceptors (Lipinski definition) is 2. The summed E-state index contributed by atoms with van der Waals surface area (Å²) in [5.74, 6) is 0.110. The maximum atomic E-state index is 12.9. The minimum Gasteiger partial charge on any atom is -0.451 e. The lowest BCUT2D eigenvalue weighted by Crippen LogP contribution is -2.12. The molecule has 0 fully saturated rings. The van der Waals surface area contributed by atoms with Crippen molar-refractivity contribution in [2.24, 2.45) is 0 Å². The maximum absolute atomic E-state index is 12.9. The lowest BCUT2D eigenvalue weighted by Gasteiger charge is -2.06. The zero-order valence-corrected chi connectivity index (χ0v) is 16.0. The van der Waals surface area contributed by atoms with Gasteiger partial charge in [-0.3, -0.25) is 4.79 Å². The fourth-order valence-corrected chi connectivity index (χ4v) is 3.80. The monoisotopic (exact) mass is 377 g/mol. The van der Waals surface area contributed by atoms with Gasteiger partial charge in [0.1, 0.15) is 5.58 Å². The Balaban J connectivity index is 1.46. The molecule has 1 aromatic heterocycles. The number of rotatable bonds is 3. The molecule has 5 rings (SSSR count). The molecule has 1 amide bonds. The predicted molar refractivity (Wildman–Crippen MR) is 118 cm³/mol. The van der Waals surface area contributed by atoms with Crippen LogP contribution in [0.2, 0.25) is 0 Å². The van der Waals surface area contributed by atoms with Crippen LogP contribution in [0.4, 0.5) is 5.69 Å². The van der Waals surface area contributed by atoms with Gasteiger partial charge in [-0.25, -0.2) is 0 Å². The fourth-order valence-electron chi connectivity index (χ4n) is 3.80. The molecule has 3 heteroatoms. The molecule has 0 radical (unpaired) electrons. The maximum Gasteiger partial charge on any atom is 0.291 e. The van der Waals surface area contributed by atoms with Crippen LogP contribution in [-0.2, 0) is 0 Å². The average Bonchev–Trinajstić information content (AvgIpc) is 3.12. The van der Waals surface area contributed by atoms with E-state index in [1.807, 2.05) is 73.7 Å². The van der Waals surface area contributed by atoms with Crippen molar-refractivity contribution in [1.29, 1.82) is 0 Å². The standard InChI is InChI=1S/C26H19NO2/c1-17-24-22-10-6-5-9-20(22)13-16-23(24)29-25(17)26(28)27-21-14-11-19(12-15-21)18-7-3-2-4-8-18/h2-16H,1H3,(H,27,28). The number of nitrogens with one attached hydrogen (secondary N) is 1. The molecule has 1 N–H and O–H groups in total. The summed E-state index contributed by atoms with van der Waals surface area (Å²) in [6.07, 6.45) is 0. The number of carbonyl (C=O) groups is 1. The molecule has 0 aliphatic rings. The summed E-state index contributed by atoms with van der Waals surface area (Å²) in [5.41, 5.74) is 4.57. The Morgan fingerprint density at radius 3 is 2.24 bits per heavy atom. The molecule has 0 bridgehead atoms. The molecule has 5 aromatic rings. The van der Waals surface area contributed by atoms with Crippen LogP contribution in [0.5, 0.6) is 0 Å². The largest absolute Gasteiger partial charge is 0.451 e. The van der Waals surface area contributed by atoms with Gasteiger partial charge in [-0.05, 0) is 47.0 Å². The first kappa shape index (κ1) is 17.3.